The van der Waals surface area contributed by atoms with Gasteiger partial charge in [-0.3, -0.25) is 9.36 Å². The molecule has 1 aliphatic heterocycles. The highest BCUT2D eigenvalue weighted by Gasteiger charge is 2.31. The van der Waals surface area contributed by atoms with E-state index >= 15 is 0 Å². The second-order valence-electron chi connectivity index (χ2n) is 10.1. The van der Waals surface area contributed by atoms with Gasteiger partial charge in [0.25, 0.3) is 5.91 Å². The van der Waals surface area contributed by atoms with Crippen molar-refractivity contribution in [3.8, 4) is 5.82 Å². The Morgan fingerprint density at radius 1 is 1.10 bits per heavy atom. The zero-order chi connectivity index (χ0) is 29.0. The third-order valence-electron chi connectivity index (χ3n) is 7.19. The van der Waals surface area contributed by atoms with Crippen LogP contribution in [0.15, 0.2) is 67.3 Å². The summed E-state index contributed by atoms with van der Waals surface area (Å²) in [4.78, 5) is 28.3. The first-order valence-corrected chi connectivity index (χ1v) is 13.3. The van der Waals surface area contributed by atoms with E-state index in [2.05, 4.69) is 42.8 Å². The molecular formula is C29H31F3N8O. The molecule has 2 aromatic heterocycles. The van der Waals surface area contributed by atoms with E-state index in [1.807, 2.05) is 13.0 Å². The fourth-order valence-corrected chi connectivity index (χ4v) is 4.86. The first kappa shape index (κ1) is 28.1. The number of rotatable bonds is 9. The SMILES string of the molecule is Cc1ccc(NC(=O)c2cccc(C(F)(F)F)c2)cc1Nc1nccn1-c1cc(NCCC2CCCN2C)ncn1. The van der Waals surface area contributed by atoms with E-state index in [0.29, 0.717) is 35.0 Å². The highest BCUT2D eigenvalue weighted by molar-refractivity contribution is 6.04. The average Bonchev–Trinajstić information content (AvgIpc) is 3.59. The predicted octanol–water partition coefficient (Wildman–Crippen LogP) is 5.88. The van der Waals surface area contributed by atoms with Gasteiger partial charge in [0.1, 0.15) is 18.0 Å². The van der Waals surface area contributed by atoms with Crippen molar-refractivity contribution >= 4 is 29.0 Å². The summed E-state index contributed by atoms with van der Waals surface area (Å²) < 4.78 is 41.0. The van der Waals surface area contributed by atoms with Crippen LogP contribution in [0.2, 0.25) is 0 Å². The second kappa shape index (κ2) is 12.0. The van der Waals surface area contributed by atoms with Crippen LogP contribution in [0.25, 0.3) is 5.82 Å². The number of hydrogen-bond acceptors (Lipinski definition) is 7. The van der Waals surface area contributed by atoms with Crippen LogP contribution in [0.5, 0.6) is 0 Å². The number of likely N-dealkylation sites (tertiary alicyclic amines) is 1. The minimum Gasteiger partial charge on any atom is -0.370 e. The molecule has 1 fully saturated rings. The van der Waals surface area contributed by atoms with Gasteiger partial charge in [0.15, 0.2) is 0 Å². The van der Waals surface area contributed by atoms with Gasteiger partial charge in [-0.05, 0) is 75.7 Å². The lowest BCUT2D eigenvalue weighted by Crippen LogP contribution is -2.27. The molecule has 9 nitrogen and oxygen atoms in total. The summed E-state index contributed by atoms with van der Waals surface area (Å²) in [6, 6.07) is 11.9. The first-order chi connectivity index (χ1) is 19.7. The van der Waals surface area contributed by atoms with E-state index in [-0.39, 0.29) is 5.56 Å². The summed E-state index contributed by atoms with van der Waals surface area (Å²) in [6.07, 6.45) is 3.86. The summed E-state index contributed by atoms with van der Waals surface area (Å²) in [6.45, 7) is 3.84. The van der Waals surface area contributed by atoms with Crippen LogP contribution in [-0.4, -0.2) is 56.5 Å². The van der Waals surface area contributed by atoms with E-state index in [1.54, 1.807) is 35.2 Å². The lowest BCUT2D eigenvalue weighted by Gasteiger charge is -2.19. The number of nitrogens with zero attached hydrogens (tertiary/aromatic N) is 5. The van der Waals surface area contributed by atoms with Crippen LogP contribution in [0.4, 0.5) is 36.3 Å². The molecule has 214 valence electrons. The van der Waals surface area contributed by atoms with E-state index in [0.717, 1.165) is 37.2 Å². The Kier molecular flexibility index (Phi) is 8.20. The standard InChI is InChI=1S/C29H31F3N8O/c1-19-8-9-22(37-27(41)20-5-3-6-21(15-20)29(30,31)32)16-24(19)38-28-34-12-14-40(28)26-17-25(35-18-36-26)33-11-10-23-7-4-13-39(23)2/h3,5-6,8-9,12,14-18,23H,4,7,10-11,13H2,1-2H3,(H,34,38)(H,37,41)(H,33,35,36). The Labute approximate surface area is 235 Å². The zero-order valence-electron chi connectivity index (χ0n) is 22.7. The lowest BCUT2D eigenvalue weighted by atomic mass is 10.1. The van der Waals surface area contributed by atoms with Gasteiger partial charge < -0.3 is 20.9 Å². The van der Waals surface area contributed by atoms with Crippen molar-refractivity contribution in [2.45, 2.75) is 38.4 Å². The number of halogens is 3. The largest absolute Gasteiger partial charge is 0.416 e. The molecule has 0 radical (unpaired) electrons. The number of benzene rings is 2. The average molecular weight is 565 g/mol. The van der Waals surface area contributed by atoms with Gasteiger partial charge in [0, 0.05) is 48.0 Å². The Bertz CT molecular complexity index is 1520. The van der Waals surface area contributed by atoms with Crippen LogP contribution in [0.1, 0.15) is 40.7 Å². The molecule has 2 aromatic carbocycles. The van der Waals surface area contributed by atoms with Crippen molar-refractivity contribution in [3.63, 3.8) is 0 Å². The van der Waals surface area contributed by atoms with E-state index in [1.165, 1.54) is 31.3 Å². The van der Waals surface area contributed by atoms with Crippen molar-refractivity contribution in [2.75, 3.05) is 36.1 Å². The van der Waals surface area contributed by atoms with E-state index < -0.39 is 17.6 Å². The molecule has 4 aromatic rings. The third-order valence-corrected chi connectivity index (χ3v) is 7.19. The highest BCUT2D eigenvalue weighted by atomic mass is 19.4. The van der Waals surface area contributed by atoms with Gasteiger partial charge in [0.05, 0.1) is 5.56 Å². The maximum absolute atomic E-state index is 13.1. The molecular weight excluding hydrogens is 533 g/mol. The number of aryl methyl sites for hydroxylation is 1. The monoisotopic (exact) mass is 564 g/mol. The normalized spacial score (nSPS) is 15.6. The Hall–Kier alpha value is -4.45. The number of amides is 1. The van der Waals surface area contributed by atoms with E-state index in [9.17, 15) is 18.0 Å². The Morgan fingerprint density at radius 2 is 1.95 bits per heavy atom. The van der Waals surface area contributed by atoms with Gasteiger partial charge in [-0.15, -0.1) is 0 Å². The smallest absolute Gasteiger partial charge is 0.370 e. The number of anilines is 4. The Balaban J connectivity index is 1.28. The molecule has 0 saturated carbocycles. The lowest BCUT2D eigenvalue weighted by molar-refractivity contribution is -0.137. The van der Waals surface area contributed by atoms with E-state index in [4.69, 9.17) is 0 Å². The number of carbonyl (C=O) groups excluding carboxylic acids is 1. The molecule has 1 unspecified atom stereocenters. The summed E-state index contributed by atoms with van der Waals surface area (Å²) >= 11 is 0. The summed E-state index contributed by atoms with van der Waals surface area (Å²) in [5.41, 5.74) is 0.979. The molecule has 5 rings (SSSR count). The van der Waals surface area contributed by atoms with Gasteiger partial charge in [-0.1, -0.05) is 12.1 Å². The fourth-order valence-electron chi connectivity index (χ4n) is 4.86. The molecule has 0 bridgehead atoms. The zero-order valence-corrected chi connectivity index (χ0v) is 22.7. The molecule has 1 amide bonds. The number of carbonyl (C=O) groups is 1. The van der Waals surface area contributed by atoms with Crippen molar-refractivity contribution < 1.29 is 18.0 Å². The minimum atomic E-state index is -4.54. The number of aromatic nitrogens is 4. The van der Waals surface area contributed by atoms with Crippen LogP contribution in [0.3, 0.4) is 0 Å². The maximum atomic E-state index is 13.1. The maximum Gasteiger partial charge on any atom is 0.416 e. The van der Waals surface area contributed by atoms with Gasteiger partial charge in [-0.25, -0.2) is 15.0 Å². The van der Waals surface area contributed by atoms with Crippen LogP contribution in [-0.2, 0) is 6.18 Å². The van der Waals surface area contributed by atoms with Gasteiger partial charge in [0.2, 0.25) is 5.95 Å². The molecule has 3 heterocycles. The summed E-state index contributed by atoms with van der Waals surface area (Å²) in [7, 11) is 2.16. The molecule has 3 N–H and O–H groups in total. The predicted molar refractivity (Wildman–Crippen MR) is 152 cm³/mol. The number of hydrogen-bond donors (Lipinski definition) is 3. The van der Waals surface area contributed by atoms with Crippen molar-refractivity contribution in [1.29, 1.82) is 0 Å². The second-order valence-corrected chi connectivity index (χ2v) is 10.1. The fraction of sp³-hybridized carbons (Fsp3) is 0.310. The first-order valence-electron chi connectivity index (χ1n) is 13.3. The molecule has 41 heavy (non-hydrogen) atoms. The minimum absolute atomic E-state index is 0.0890. The van der Waals surface area contributed by atoms with Crippen molar-refractivity contribution in [1.82, 2.24) is 24.4 Å². The van der Waals surface area contributed by atoms with Crippen LogP contribution < -0.4 is 16.0 Å². The number of alkyl halides is 3. The molecule has 1 atom stereocenters. The van der Waals surface area contributed by atoms with Crippen molar-refractivity contribution in [2.24, 2.45) is 0 Å². The number of nitrogens with one attached hydrogen (secondary N) is 3. The quantitative estimate of drug-likeness (QED) is 0.233. The third kappa shape index (κ3) is 6.83. The molecule has 0 spiro atoms. The van der Waals surface area contributed by atoms with Gasteiger partial charge >= 0.3 is 6.18 Å². The van der Waals surface area contributed by atoms with Crippen molar-refractivity contribution in [3.05, 3.63) is 83.9 Å². The summed E-state index contributed by atoms with van der Waals surface area (Å²) in [5, 5.41) is 9.34. The highest BCUT2D eigenvalue weighted by Crippen LogP contribution is 2.30. The Morgan fingerprint density at radius 3 is 2.73 bits per heavy atom. The topological polar surface area (TPSA) is 100 Å². The molecule has 1 aliphatic rings. The molecule has 1 saturated heterocycles. The molecule has 12 heteroatoms. The molecule has 0 aliphatic carbocycles. The summed E-state index contributed by atoms with van der Waals surface area (Å²) in [5.74, 6) is 1.18. The van der Waals surface area contributed by atoms with Crippen LogP contribution >= 0.6 is 0 Å². The number of imidazole rings is 1. The van der Waals surface area contributed by atoms with Gasteiger partial charge in [-0.2, -0.15) is 13.2 Å². The van der Waals surface area contributed by atoms with Crippen LogP contribution in [0, 0.1) is 6.92 Å².